The number of aromatic nitrogens is 4. The van der Waals surface area contributed by atoms with E-state index in [-0.39, 0.29) is 23.5 Å². The number of Topliss-reactive ketones (excluding diaryl/α,β-unsaturated/α-hetero) is 3. The zero-order chi connectivity index (χ0) is 75.0. The summed E-state index contributed by atoms with van der Waals surface area (Å²) in [5.41, 5.74) is 25.0. The third kappa shape index (κ3) is 24.1. The summed E-state index contributed by atoms with van der Waals surface area (Å²) in [6.07, 6.45) is 31.1. The highest BCUT2D eigenvalue weighted by atomic mass is 79.9. The zero-order valence-electron chi connectivity index (χ0n) is 63.3. The molecule has 10 aromatic rings. The van der Waals surface area contributed by atoms with Gasteiger partial charge in [0.25, 0.3) is 0 Å². The number of nitrogens with two attached hydrogens (primary N) is 1. The van der Waals surface area contributed by atoms with Crippen LogP contribution in [-0.4, -0.2) is 55.5 Å². The monoisotopic (exact) mass is 1500 g/mol. The van der Waals surface area contributed by atoms with E-state index in [9.17, 15) is 19.5 Å². The second kappa shape index (κ2) is 42.5. The fourth-order valence-electron chi connectivity index (χ4n) is 14.4. The summed E-state index contributed by atoms with van der Waals surface area (Å²) in [7, 11) is 0. The van der Waals surface area contributed by atoms with Crippen LogP contribution in [-0.2, 0) is 51.6 Å². The second-order valence-corrected chi connectivity index (χ2v) is 29.2. The van der Waals surface area contributed by atoms with Crippen LogP contribution in [0, 0.1) is 0 Å². The second-order valence-electron chi connectivity index (χ2n) is 28.3. The Morgan fingerprint density at radius 1 is 0.430 bits per heavy atom. The van der Waals surface area contributed by atoms with Crippen LogP contribution < -0.4 is 31.5 Å². The molecule has 0 saturated heterocycles. The van der Waals surface area contributed by atoms with E-state index in [4.69, 9.17) is 5.73 Å². The molecule has 107 heavy (non-hydrogen) atoms. The highest BCUT2D eigenvalue weighted by Gasteiger charge is 2.26. The number of nitrogens with zero attached hydrogens (tertiary/aromatic N) is 6. The molecule has 6 N–H and O–H groups in total. The predicted molar refractivity (Wildman–Crippen MR) is 446 cm³/mol. The summed E-state index contributed by atoms with van der Waals surface area (Å²) in [6.45, 7) is 12.4. The molecule has 0 radical (unpaired) electrons. The van der Waals surface area contributed by atoms with Gasteiger partial charge in [-0.1, -0.05) is 151 Å². The lowest BCUT2D eigenvalue weighted by Gasteiger charge is -2.34. The zero-order valence-corrected chi connectivity index (χ0v) is 64.9. The average Bonchev–Trinajstić information content (AvgIpc) is 0.787. The number of hydrogen-bond donors (Lipinski definition) is 5. The van der Waals surface area contributed by atoms with Gasteiger partial charge in [-0.15, -0.1) is 0 Å². The first-order valence-electron chi connectivity index (χ1n) is 39.2. The molecular weight excluding hydrogens is 1390 g/mol. The van der Waals surface area contributed by atoms with Crippen LogP contribution in [0.2, 0.25) is 0 Å². The summed E-state index contributed by atoms with van der Waals surface area (Å²) in [5.74, 6) is 3.80. The number of carbonyl (C=O) groups is 3. The van der Waals surface area contributed by atoms with Crippen LogP contribution in [0.25, 0.3) is 0 Å². The molecule has 4 aromatic heterocycles. The number of carbonyl (C=O) groups excluding carboxylic acids is 3. The van der Waals surface area contributed by atoms with E-state index in [1.807, 2.05) is 84.9 Å². The first kappa shape index (κ1) is 79.7. The van der Waals surface area contributed by atoms with Crippen molar-refractivity contribution in [3.63, 3.8) is 0 Å². The Morgan fingerprint density at radius 2 is 0.822 bits per heavy atom. The molecule has 0 saturated carbocycles. The molecule has 558 valence electrons. The molecule has 15 heteroatoms. The SMILES string of the molecule is CCCCC(=O)c1cc(Br)c2c(c1)CCCN2Cc1ccccc1.CCCCC(=O)c1cc2c(c(Nc3ccccn3)c1)CCCC2.CCCCC(=O)c1cc2c(c(Nc3ccccn3)c1)N(Cc1ccccc1)CCC2.CCCCC(O)c1cc2c(c(Nc3ccccn3)c1)CCCC2.Nc1ccccn1. The Bertz CT molecular complexity index is 4400. The number of nitrogens with one attached hydrogen (secondary N) is 3. The Hall–Kier alpha value is -9.83. The highest BCUT2D eigenvalue weighted by Crippen LogP contribution is 2.41. The summed E-state index contributed by atoms with van der Waals surface area (Å²) in [4.78, 5) is 59.4. The Labute approximate surface area is 644 Å². The van der Waals surface area contributed by atoms with Crippen LogP contribution in [0.15, 0.2) is 211 Å². The molecule has 6 heterocycles. The van der Waals surface area contributed by atoms with Gasteiger partial charge in [0.15, 0.2) is 17.3 Å². The van der Waals surface area contributed by atoms with Gasteiger partial charge in [0.1, 0.15) is 23.3 Å². The van der Waals surface area contributed by atoms with Crippen LogP contribution >= 0.6 is 15.9 Å². The van der Waals surface area contributed by atoms with Crippen molar-refractivity contribution in [2.45, 2.75) is 201 Å². The van der Waals surface area contributed by atoms with Gasteiger partial charge in [0.05, 0.1) is 23.2 Å². The lowest BCUT2D eigenvalue weighted by atomic mass is 9.87. The maximum Gasteiger partial charge on any atom is 0.162 e. The normalized spacial score (nSPS) is 13.4. The number of pyridine rings is 4. The number of fused-ring (bicyclic) bond motifs is 4. The van der Waals surface area contributed by atoms with Crippen molar-refractivity contribution < 1.29 is 19.5 Å². The van der Waals surface area contributed by atoms with E-state index in [0.717, 1.165) is 197 Å². The molecule has 2 aliphatic heterocycles. The molecule has 6 aromatic carbocycles. The molecule has 1 unspecified atom stereocenters. The molecule has 14 rings (SSSR count). The number of unbranched alkanes of at least 4 members (excludes halogenated alkanes) is 4. The van der Waals surface area contributed by atoms with Gasteiger partial charge in [0.2, 0.25) is 0 Å². The Kier molecular flexibility index (Phi) is 31.7. The van der Waals surface area contributed by atoms with Gasteiger partial charge in [-0.25, -0.2) is 19.9 Å². The number of nitrogen functional groups attached to an aromatic ring is 1. The number of rotatable bonds is 26. The van der Waals surface area contributed by atoms with Gasteiger partial charge in [-0.05, 0) is 260 Å². The maximum atomic E-state index is 12.8. The number of aliphatic hydroxyl groups excluding tert-OH is 1. The fourth-order valence-corrected chi connectivity index (χ4v) is 15.1. The molecule has 2 aliphatic carbocycles. The fraction of sp³-hybridized carbons (Fsp3) is 0.359. The van der Waals surface area contributed by atoms with Crippen LogP contribution in [0.3, 0.4) is 0 Å². The van der Waals surface area contributed by atoms with Crippen molar-refractivity contribution in [3.8, 4) is 0 Å². The van der Waals surface area contributed by atoms with Crippen molar-refractivity contribution in [3.05, 3.63) is 278 Å². The van der Waals surface area contributed by atoms with E-state index in [0.29, 0.717) is 25.1 Å². The van der Waals surface area contributed by atoms with Gasteiger partial charge in [0, 0.05) is 103 Å². The molecule has 0 bridgehead atoms. The minimum absolute atomic E-state index is 0.226. The van der Waals surface area contributed by atoms with Crippen LogP contribution in [0.4, 0.5) is 51.7 Å². The van der Waals surface area contributed by atoms with Crippen molar-refractivity contribution in [1.29, 1.82) is 0 Å². The van der Waals surface area contributed by atoms with E-state index >= 15 is 0 Å². The van der Waals surface area contributed by atoms with Gasteiger partial charge >= 0.3 is 0 Å². The first-order chi connectivity index (χ1) is 52.4. The number of hydrogen-bond acceptors (Lipinski definition) is 14. The number of aryl methyl sites for hydroxylation is 4. The molecule has 0 amide bonds. The lowest BCUT2D eigenvalue weighted by molar-refractivity contribution is 0.0971. The molecule has 4 aliphatic rings. The van der Waals surface area contributed by atoms with E-state index in [2.05, 4.69) is 180 Å². The van der Waals surface area contributed by atoms with Gasteiger partial charge in [-0.3, -0.25) is 14.4 Å². The lowest BCUT2D eigenvalue weighted by Crippen LogP contribution is -2.30. The quantitative estimate of drug-likeness (QED) is 0.0322. The Balaban J connectivity index is 0.000000148. The maximum absolute atomic E-state index is 12.8. The number of ketones is 3. The largest absolute Gasteiger partial charge is 0.388 e. The molecule has 0 fully saturated rings. The summed E-state index contributed by atoms with van der Waals surface area (Å²) in [5, 5.41) is 20.9. The third-order valence-corrected chi connectivity index (χ3v) is 20.6. The molecule has 14 nitrogen and oxygen atoms in total. The number of benzene rings is 6. The number of halogens is 1. The summed E-state index contributed by atoms with van der Waals surface area (Å²) < 4.78 is 1.05. The number of anilines is 9. The molecule has 1 atom stereocenters. The predicted octanol–water partition coefficient (Wildman–Crippen LogP) is 22.6. The highest BCUT2D eigenvalue weighted by molar-refractivity contribution is 9.10. The van der Waals surface area contributed by atoms with Crippen molar-refractivity contribution >= 4 is 85.0 Å². The van der Waals surface area contributed by atoms with Crippen molar-refractivity contribution in [2.24, 2.45) is 0 Å². The standard InChI is InChI=1S/C26H29N3O.C21H24BrNO.C20H26N2O.C20H24N2O.C5H6N2/c1-2-3-13-24(30)22-17-21-12-9-16-29(19-20-10-5-4-6-11-20)26(21)23(18-22)28-25-14-7-8-15-27-25;1-2-3-11-20(24)18-13-17-10-7-12-23(21(17)19(22)14-18)15-16-8-5-4-6-9-16;2*1-2-3-10-19(23)16-13-15-8-4-5-9-17(15)18(14-16)22-20-11-6-7-12-21-20;6-5-3-1-2-4-7-5/h4-8,10-11,14-15,17-18H,2-3,9,12-13,16,19H2,1H3,(H,27,28);4-6,8-9,13-14H,2-3,7,10-12,15H2,1H3;6-7,11-14,19,23H,2-5,8-10H2,1H3,(H,21,22);6-7,11-14H,2-5,8-10H2,1H3,(H,21,22);1-4H,(H2,6,7). The number of aliphatic hydroxyl groups is 1. The first-order valence-corrected chi connectivity index (χ1v) is 40.0. The average molecular weight is 1500 g/mol. The topological polar surface area (TPSA) is 192 Å². The summed E-state index contributed by atoms with van der Waals surface area (Å²) >= 11 is 3.73. The van der Waals surface area contributed by atoms with Crippen molar-refractivity contribution in [2.75, 3.05) is 44.6 Å². The van der Waals surface area contributed by atoms with Crippen LogP contribution in [0.5, 0.6) is 0 Å². The van der Waals surface area contributed by atoms with E-state index < -0.39 is 0 Å². The minimum atomic E-state index is -0.369. The van der Waals surface area contributed by atoms with Crippen LogP contribution in [0.1, 0.15) is 231 Å². The van der Waals surface area contributed by atoms with Gasteiger partial charge < -0.3 is 36.6 Å². The minimum Gasteiger partial charge on any atom is -0.388 e. The molecule has 0 spiro atoms. The Morgan fingerprint density at radius 3 is 1.27 bits per heavy atom. The van der Waals surface area contributed by atoms with Crippen molar-refractivity contribution in [1.82, 2.24) is 19.9 Å². The van der Waals surface area contributed by atoms with E-state index in [1.54, 1.807) is 30.9 Å². The third-order valence-electron chi connectivity index (χ3n) is 20.0. The van der Waals surface area contributed by atoms with Gasteiger partial charge in [-0.2, -0.15) is 0 Å². The van der Waals surface area contributed by atoms with E-state index in [1.165, 1.54) is 81.6 Å². The smallest absolute Gasteiger partial charge is 0.162 e. The molecular formula is C92H109BrN10O4. The summed E-state index contributed by atoms with van der Waals surface area (Å²) in [6, 6.07) is 60.9.